The summed E-state index contributed by atoms with van der Waals surface area (Å²) in [5.74, 6) is -0.486. The summed E-state index contributed by atoms with van der Waals surface area (Å²) >= 11 is 10.6. The molecule has 1 N–H and O–H groups in total. The highest BCUT2D eigenvalue weighted by atomic mass is 79.9. The Bertz CT molecular complexity index is 606. The summed E-state index contributed by atoms with van der Waals surface area (Å²) < 4.78 is 14.4. The van der Waals surface area contributed by atoms with E-state index in [2.05, 4.69) is 15.9 Å². The molecule has 1 atom stereocenters. The van der Waals surface area contributed by atoms with Gasteiger partial charge in [-0.3, -0.25) is 0 Å². The van der Waals surface area contributed by atoms with Crippen LogP contribution in [0.25, 0.3) is 0 Å². The Hall–Kier alpha value is -0.550. The molecule has 2 aromatic carbocycles. The maximum Gasteiger partial charge on any atom is 0.130 e. The maximum atomic E-state index is 13.9. The van der Waals surface area contributed by atoms with Crippen LogP contribution in [-0.2, 0) is 0 Å². The van der Waals surface area contributed by atoms with Crippen LogP contribution in [0, 0.1) is 5.82 Å². The van der Waals surface area contributed by atoms with Crippen molar-refractivity contribution in [3.8, 4) is 0 Å². The summed E-state index contributed by atoms with van der Waals surface area (Å²) in [6, 6.07) is 10.1. The number of hydrogen-bond acceptors (Lipinski definition) is 2. The van der Waals surface area contributed by atoms with Crippen LogP contribution in [-0.4, -0.2) is 11.4 Å². The Kier molecular flexibility index (Phi) is 4.90. The van der Waals surface area contributed by atoms with E-state index in [0.717, 1.165) is 4.90 Å². The molecule has 0 radical (unpaired) electrons. The van der Waals surface area contributed by atoms with Crippen molar-refractivity contribution in [2.45, 2.75) is 11.0 Å². The van der Waals surface area contributed by atoms with Crippen LogP contribution in [0.4, 0.5) is 4.39 Å². The fourth-order valence-corrected chi connectivity index (χ4v) is 2.92. The molecule has 2 aromatic rings. The molecule has 0 saturated heterocycles. The van der Waals surface area contributed by atoms with Gasteiger partial charge in [-0.15, -0.1) is 11.8 Å². The Morgan fingerprint density at radius 1 is 1.26 bits per heavy atom. The molecule has 100 valence electrons. The highest BCUT2D eigenvalue weighted by molar-refractivity contribution is 9.10. The SMILES string of the molecule is CSc1ccccc1C(O)c1cc(Cl)c(Br)cc1F. The van der Waals surface area contributed by atoms with Gasteiger partial charge in [0.25, 0.3) is 0 Å². The van der Waals surface area contributed by atoms with E-state index in [9.17, 15) is 9.50 Å². The van der Waals surface area contributed by atoms with Gasteiger partial charge in [0.1, 0.15) is 11.9 Å². The molecule has 0 aliphatic heterocycles. The van der Waals surface area contributed by atoms with Crippen molar-refractivity contribution in [3.05, 3.63) is 62.8 Å². The fourth-order valence-electron chi connectivity index (χ4n) is 1.81. The van der Waals surface area contributed by atoms with E-state index in [1.165, 1.54) is 23.9 Å². The number of aliphatic hydroxyl groups excluding tert-OH is 1. The lowest BCUT2D eigenvalue weighted by Crippen LogP contribution is -2.04. The van der Waals surface area contributed by atoms with Gasteiger partial charge in [0, 0.05) is 14.9 Å². The first-order chi connectivity index (χ1) is 9.04. The number of aliphatic hydroxyl groups is 1. The Morgan fingerprint density at radius 2 is 1.95 bits per heavy atom. The van der Waals surface area contributed by atoms with Gasteiger partial charge in [0.15, 0.2) is 0 Å². The Balaban J connectivity index is 2.50. The lowest BCUT2D eigenvalue weighted by Gasteiger charge is -2.16. The lowest BCUT2D eigenvalue weighted by atomic mass is 10.0. The number of benzene rings is 2. The standard InChI is InChI=1S/C14H11BrClFOS/c1-19-13-5-3-2-4-8(13)14(18)9-6-11(16)10(15)7-12(9)17/h2-7,14,18H,1H3. The number of rotatable bonds is 3. The zero-order valence-electron chi connectivity index (χ0n) is 10.0. The average molecular weight is 362 g/mol. The number of thioether (sulfide) groups is 1. The van der Waals surface area contributed by atoms with Gasteiger partial charge in [-0.05, 0) is 45.9 Å². The highest BCUT2D eigenvalue weighted by Crippen LogP contribution is 2.34. The predicted molar refractivity (Wildman–Crippen MR) is 81.4 cm³/mol. The Labute approximate surface area is 128 Å². The van der Waals surface area contributed by atoms with E-state index < -0.39 is 11.9 Å². The molecule has 2 rings (SSSR count). The lowest BCUT2D eigenvalue weighted by molar-refractivity contribution is 0.212. The van der Waals surface area contributed by atoms with Crippen molar-refractivity contribution in [2.75, 3.05) is 6.26 Å². The van der Waals surface area contributed by atoms with Gasteiger partial charge in [0.05, 0.1) is 5.02 Å². The van der Waals surface area contributed by atoms with E-state index in [1.54, 1.807) is 6.07 Å². The molecule has 0 aliphatic rings. The first-order valence-electron chi connectivity index (χ1n) is 5.50. The minimum atomic E-state index is -1.03. The van der Waals surface area contributed by atoms with E-state index in [-0.39, 0.29) is 5.56 Å². The molecular formula is C14H11BrClFOS. The molecule has 5 heteroatoms. The number of halogens is 3. The molecule has 0 heterocycles. The largest absolute Gasteiger partial charge is 0.384 e. The molecule has 1 unspecified atom stereocenters. The molecule has 0 fully saturated rings. The van der Waals surface area contributed by atoms with Crippen LogP contribution in [0.5, 0.6) is 0 Å². The van der Waals surface area contributed by atoms with E-state index in [0.29, 0.717) is 15.1 Å². The normalized spacial score (nSPS) is 12.5. The van der Waals surface area contributed by atoms with Gasteiger partial charge < -0.3 is 5.11 Å². The smallest absolute Gasteiger partial charge is 0.130 e. The molecule has 19 heavy (non-hydrogen) atoms. The van der Waals surface area contributed by atoms with E-state index in [4.69, 9.17) is 11.6 Å². The second-order valence-electron chi connectivity index (χ2n) is 3.93. The zero-order valence-corrected chi connectivity index (χ0v) is 13.2. The molecular weight excluding hydrogens is 351 g/mol. The first kappa shape index (κ1) is 14.9. The van der Waals surface area contributed by atoms with E-state index >= 15 is 0 Å². The Morgan fingerprint density at radius 3 is 2.63 bits per heavy atom. The van der Waals surface area contributed by atoms with Gasteiger partial charge in [-0.25, -0.2) is 4.39 Å². The summed E-state index contributed by atoms with van der Waals surface area (Å²) in [6.07, 6.45) is 0.880. The van der Waals surface area contributed by atoms with Crippen molar-refractivity contribution < 1.29 is 9.50 Å². The zero-order chi connectivity index (χ0) is 14.0. The van der Waals surface area contributed by atoms with Crippen LogP contribution in [0.15, 0.2) is 45.8 Å². The van der Waals surface area contributed by atoms with Crippen molar-refractivity contribution in [3.63, 3.8) is 0 Å². The molecule has 0 amide bonds. The van der Waals surface area contributed by atoms with Crippen LogP contribution < -0.4 is 0 Å². The topological polar surface area (TPSA) is 20.2 Å². The summed E-state index contributed by atoms with van der Waals surface area (Å²) in [5, 5.41) is 10.7. The summed E-state index contributed by atoms with van der Waals surface area (Å²) in [7, 11) is 0. The first-order valence-corrected chi connectivity index (χ1v) is 7.89. The molecule has 1 nitrogen and oxygen atoms in total. The fraction of sp³-hybridized carbons (Fsp3) is 0.143. The van der Waals surface area contributed by atoms with Gasteiger partial charge >= 0.3 is 0 Å². The summed E-state index contributed by atoms with van der Waals surface area (Å²) in [6.45, 7) is 0. The highest BCUT2D eigenvalue weighted by Gasteiger charge is 2.19. The minimum absolute atomic E-state index is 0.176. The van der Waals surface area contributed by atoms with Crippen molar-refractivity contribution in [1.29, 1.82) is 0 Å². The number of hydrogen-bond donors (Lipinski definition) is 1. The van der Waals surface area contributed by atoms with Crippen LogP contribution >= 0.6 is 39.3 Å². The van der Waals surface area contributed by atoms with Gasteiger partial charge in [-0.1, -0.05) is 29.8 Å². The van der Waals surface area contributed by atoms with Crippen LogP contribution in [0.1, 0.15) is 17.2 Å². The third-order valence-corrected chi connectivity index (χ3v) is 4.78. The van der Waals surface area contributed by atoms with Crippen molar-refractivity contribution in [1.82, 2.24) is 0 Å². The van der Waals surface area contributed by atoms with E-state index in [1.807, 2.05) is 24.5 Å². The van der Waals surface area contributed by atoms with Crippen LogP contribution in [0.2, 0.25) is 5.02 Å². The van der Waals surface area contributed by atoms with Crippen molar-refractivity contribution >= 4 is 39.3 Å². The average Bonchev–Trinajstić information content (AvgIpc) is 2.42. The monoisotopic (exact) mass is 360 g/mol. The molecule has 0 saturated carbocycles. The quantitative estimate of drug-likeness (QED) is 0.610. The third-order valence-electron chi connectivity index (χ3n) is 2.77. The minimum Gasteiger partial charge on any atom is -0.384 e. The molecule has 0 aromatic heterocycles. The van der Waals surface area contributed by atoms with Crippen molar-refractivity contribution in [2.24, 2.45) is 0 Å². The molecule has 0 spiro atoms. The van der Waals surface area contributed by atoms with Gasteiger partial charge in [0.2, 0.25) is 0 Å². The third kappa shape index (κ3) is 3.14. The maximum absolute atomic E-state index is 13.9. The molecule has 0 aliphatic carbocycles. The second-order valence-corrected chi connectivity index (χ2v) is 6.04. The summed E-state index contributed by atoms with van der Waals surface area (Å²) in [4.78, 5) is 0.911. The molecule has 0 bridgehead atoms. The second kappa shape index (κ2) is 6.27. The summed E-state index contributed by atoms with van der Waals surface area (Å²) in [5.41, 5.74) is 0.849. The predicted octanol–water partition coefficient (Wildman–Crippen LogP) is 5.05. The van der Waals surface area contributed by atoms with Gasteiger partial charge in [-0.2, -0.15) is 0 Å². The van der Waals surface area contributed by atoms with Crippen LogP contribution in [0.3, 0.4) is 0 Å².